The van der Waals surface area contributed by atoms with E-state index in [1.807, 2.05) is 13.8 Å². The molecule has 2 nitrogen and oxygen atoms in total. The predicted molar refractivity (Wildman–Crippen MR) is 62.6 cm³/mol. The van der Waals surface area contributed by atoms with Crippen molar-refractivity contribution in [3.8, 4) is 0 Å². The lowest BCUT2D eigenvalue weighted by atomic mass is 10.1. The minimum Gasteiger partial charge on any atom is -0.350 e. The Labute approximate surface area is 91.7 Å². The highest BCUT2D eigenvalue weighted by Gasteiger charge is 2.07. The van der Waals surface area contributed by atoms with Gasteiger partial charge in [0.2, 0.25) is 5.91 Å². The highest BCUT2D eigenvalue weighted by atomic mass is 16.1. The van der Waals surface area contributed by atoms with Crippen molar-refractivity contribution in [2.75, 3.05) is 0 Å². The molecule has 1 rings (SSSR count). The molecule has 0 heterocycles. The highest BCUT2D eigenvalue weighted by Crippen LogP contribution is 2.13. The monoisotopic (exact) mass is 205 g/mol. The van der Waals surface area contributed by atoms with E-state index in [0.29, 0.717) is 6.42 Å². The summed E-state index contributed by atoms with van der Waals surface area (Å²) in [6.45, 7) is 6.08. The van der Waals surface area contributed by atoms with Crippen molar-refractivity contribution in [3.05, 3.63) is 35.4 Å². The molecule has 15 heavy (non-hydrogen) atoms. The molecule has 0 bridgehead atoms. The van der Waals surface area contributed by atoms with Gasteiger partial charge < -0.3 is 5.32 Å². The van der Waals surface area contributed by atoms with Gasteiger partial charge in [-0.3, -0.25) is 4.79 Å². The molecule has 0 aliphatic carbocycles. The molecular weight excluding hydrogens is 186 g/mol. The van der Waals surface area contributed by atoms with Gasteiger partial charge in [-0.1, -0.05) is 36.8 Å². The Bertz CT molecular complexity index is 316. The van der Waals surface area contributed by atoms with E-state index in [4.69, 9.17) is 0 Å². The maximum absolute atomic E-state index is 11.4. The van der Waals surface area contributed by atoms with Gasteiger partial charge in [0.1, 0.15) is 0 Å². The molecular formula is C13H19NO. The molecule has 1 aromatic carbocycles. The van der Waals surface area contributed by atoms with Crippen LogP contribution in [0.25, 0.3) is 0 Å². The van der Waals surface area contributed by atoms with Gasteiger partial charge in [0, 0.05) is 6.42 Å². The summed E-state index contributed by atoms with van der Waals surface area (Å²) in [4.78, 5) is 11.4. The van der Waals surface area contributed by atoms with Crippen LogP contribution in [0.5, 0.6) is 0 Å². The van der Waals surface area contributed by atoms with E-state index in [0.717, 1.165) is 12.0 Å². The number of hydrogen-bond donors (Lipinski definition) is 1. The summed E-state index contributed by atoms with van der Waals surface area (Å²) < 4.78 is 0. The fraction of sp³-hybridized carbons (Fsp3) is 0.462. The quantitative estimate of drug-likeness (QED) is 0.804. The molecule has 1 N–H and O–H groups in total. The van der Waals surface area contributed by atoms with Crippen molar-refractivity contribution < 1.29 is 4.79 Å². The minimum absolute atomic E-state index is 0.102. The minimum atomic E-state index is 0.102. The molecule has 2 heteroatoms. The fourth-order valence-corrected chi connectivity index (χ4v) is 1.48. The summed E-state index contributed by atoms with van der Waals surface area (Å²) in [5.41, 5.74) is 2.40. The Morgan fingerprint density at radius 1 is 1.33 bits per heavy atom. The second kappa shape index (κ2) is 5.54. The molecule has 0 aliphatic rings. The Hall–Kier alpha value is -1.31. The van der Waals surface area contributed by atoms with Crippen LogP contribution in [-0.2, 0) is 4.79 Å². The van der Waals surface area contributed by atoms with Gasteiger partial charge in [-0.05, 0) is 25.8 Å². The van der Waals surface area contributed by atoms with Crippen LogP contribution in [-0.4, -0.2) is 5.91 Å². The van der Waals surface area contributed by atoms with Crippen molar-refractivity contribution >= 4 is 5.91 Å². The normalized spacial score (nSPS) is 12.2. The van der Waals surface area contributed by atoms with Gasteiger partial charge in [0.25, 0.3) is 0 Å². The average molecular weight is 205 g/mol. The topological polar surface area (TPSA) is 29.1 Å². The second-order valence-electron chi connectivity index (χ2n) is 3.95. The highest BCUT2D eigenvalue weighted by molar-refractivity contribution is 5.76. The van der Waals surface area contributed by atoms with Crippen LogP contribution in [0.1, 0.15) is 43.9 Å². The zero-order valence-electron chi connectivity index (χ0n) is 9.71. The summed E-state index contributed by atoms with van der Waals surface area (Å²) in [6, 6.07) is 8.36. The Morgan fingerprint density at radius 3 is 2.47 bits per heavy atom. The first-order valence-electron chi connectivity index (χ1n) is 5.49. The molecule has 0 fully saturated rings. The number of benzene rings is 1. The summed E-state index contributed by atoms with van der Waals surface area (Å²) in [7, 11) is 0. The number of amides is 1. The summed E-state index contributed by atoms with van der Waals surface area (Å²) in [5.74, 6) is 0.130. The summed E-state index contributed by atoms with van der Waals surface area (Å²) >= 11 is 0. The zero-order chi connectivity index (χ0) is 11.3. The molecule has 0 saturated carbocycles. The lowest BCUT2D eigenvalue weighted by molar-refractivity contribution is -0.121. The molecule has 1 aromatic rings. The van der Waals surface area contributed by atoms with Crippen LogP contribution in [0.3, 0.4) is 0 Å². The van der Waals surface area contributed by atoms with Gasteiger partial charge >= 0.3 is 0 Å². The number of rotatable bonds is 4. The fourth-order valence-electron chi connectivity index (χ4n) is 1.48. The van der Waals surface area contributed by atoms with Crippen molar-refractivity contribution in [1.82, 2.24) is 5.32 Å². The van der Waals surface area contributed by atoms with E-state index in [-0.39, 0.29) is 11.9 Å². The van der Waals surface area contributed by atoms with E-state index in [2.05, 4.69) is 36.5 Å². The number of hydrogen-bond acceptors (Lipinski definition) is 1. The van der Waals surface area contributed by atoms with Gasteiger partial charge in [-0.25, -0.2) is 0 Å². The maximum atomic E-state index is 11.4. The lowest BCUT2D eigenvalue weighted by Gasteiger charge is -2.14. The average Bonchev–Trinajstić information content (AvgIpc) is 2.18. The van der Waals surface area contributed by atoms with E-state index in [1.165, 1.54) is 5.56 Å². The van der Waals surface area contributed by atoms with Crippen LogP contribution in [0.15, 0.2) is 24.3 Å². The molecule has 1 unspecified atom stereocenters. The molecule has 0 aromatic heterocycles. The van der Waals surface area contributed by atoms with Crippen LogP contribution in [0.4, 0.5) is 0 Å². The van der Waals surface area contributed by atoms with E-state index < -0.39 is 0 Å². The first-order chi connectivity index (χ1) is 7.13. The second-order valence-corrected chi connectivity index (χ2v) is 3.95. The third-order valence-corrected chi connectivity index (χ3v) is 2.43. The number of carbonyl (C=O) groups excluding carboxylic acids is 1. The largest absolute Gasteiger partial charge is 0.350 e. The lowest BCUT2D eigenvalue weighted by Crippen LogP contribution is -2.26. The SMILES string of the molecule is CCCC(=O)NC(C)c1ccc(C)cc1. The number of aryl methyl sites for hydroxylation is 1. The molecule has 1 atom stereocenters. The molecule has 0 radical (unpaired) electrons. The Morgan fingerprint density at radius 2 is 1.93 bits per heavy atom. The third-order valence-electron chi connectivity index (χ3n) is 2.43. The van der Waals surface area contributed by atoms with Gasteiger partial charge in [0.05, 0.1) is 6.04 Å². The van der Waals surface area contributed by atoms with Crippen LogP contribution in [0, 0.1) is 6.92 Å². The van der Waals surface area contributed by atoms with E-state index >= 15 is 0 Å². The van der Waals surface area contributed by atoms with Crippen LogP contribution in [0.2, 0.25) is 0 Å². The van der Waals surface area contributed by atoms with Crippen LogP contribution < -0.4 is 5.32 Å². The zero-order valence-corrected chi connectivity index (χ0v) is 9.71. The number of carbonyl (C=O) groups is 1. The summed E-state index contributed by atoms with van der Waals surface area (Å²) in [6.07, 6.45) is 1.50. The van der Waals surface area contributed by atoms with Gasteiger partial charge in [0.15, 0.2) is 0 Å². The smallest absolute Gasteiger partial charge is 0.220 e. The molecule has 0 spiro atoms. The van der Waals surface area contributed by atoms with Crippen molar-refractivity contribution in [1.29, 1.82) is 0 Å². The van der Waals surface area contributed by atoms with Gasteiger partial charge in [-0.2, -0.15) is 0 Å². The Balaban J connectivity index is 2.57. The first-order valence-corrected chi connectivity index (χ1v) is 5.49. The molecule has 1 amide bonds. The maximum Gasteiger partial charge on any atom is 0.220 e. The third kappa shape index (κ3) is 3.74. The van der Waals surface area contributed by atoms with Crippen molar-refractivity contribution in [2.24, 2.45) is 0 Å². The summed E-state index contributed by atoms with van der Waals surface area (Å²) in [5, 5.41) is 2.98. The van der Waals surface area contributed by atoms with Gasteiger partial charge in [-0.15, -0.1) is 0 Å². The standard InChI is InChI=1S/C13H19NO/c1-4-5-13(15)14-11(3)12-8-6-10(2)7-9-12/h6-9,11H,4-5H2,1-3H3,(H,14,15). The van der Waals surface area contributed by atoms with E-state index in [1.54, 1.807) is 0 Å². The van der Waals surface area contributed by atoms with Crippen molar-refractivity contribution in [2.45, 2.75) is 39.7 Å². The molecule has 82 valence electrons. The molecule has 0 aliphatic heterocycles. The Kier molecular flexibility index (Phi) is 4.35. The van der Waals surface area contributed by atoms with Crippen LogP contribution >= 0.6 is 0 Å². The first kappa shape index (κ1) is 11.8. The van der Waals surface area contributed by atoms with Crippen molar-refractivity contribution in [3.63, 3.8) is 0 Å². The molecule has 0 saturated heterocycles. The van der Waals surface area contributed by atoms with E-state index in [9.17, 15) is 4.79 Å². The number of nitrogens with one attached hydrogen (secondary N) is 1. The predicted octanol–water partition coefficient (Wildman–Crippen LogP) is 2.97.